The molecular weight excluding hydrogens is 343 g/mol. The van der Waals surface area contributed by atoms with E-state index in [2.05, 4.69) is 15.5 Å². The van der Waals surface area contributed by atoms with Crippen LogP contribution in [0.15, 0.2) is 24.5 Å². The zero-order valence-corrected chi connectivity index (χ0v) is 13.4. The lowest BCUT2D eigenvalue weighted by molar-refractivity contribution is -0.142. The van der Waals surface area contributed by atoms with Crippen LogP contribution in [-0.4, -0.2) is 42.6 Å². The summed E-state index contributed by atoms with van der Waals surface area (Å²) in [5.74, 6) is -1.66. The van der Waals surface area contributed by atoms with Gasteiger partial charge in [-0.05, 0) is 26.0 Å². The molecule has 0 spiro atoms. The number of hydrogen-bond acceptors (Lipinski definition) is 4. The number of rotatable bonds is 6. The number of carbonyl (C=O) groups is 2. The summed E-state index contributed by atoms with van der Waals surface area (Å²) in [6, 6.07) is 0.764. The van der Waals surface area contributed by atoms with Crippen molar-refractivity contribution < 1.29 is 27.9 Å². The zero-order valence-electron chi connectivity index (χ0n) is 13.4. The summed E-state index contributed by atoms with van der Waals surface area (Å²) >= 11 is 0. The smallest absolute Gasteiger partial charge is 0.435 e. The molecule has 0 aromatic carbocycles. The molecule has 2 atom stereocenters. The molecule has 0 aliphatic rings. The predicted octanol–water partition coefficient (Wildman–Crippen LogP) is 1.56. The fourth-order valence-electron chi connectivity index (χ4n) is 2.03. The summed E-state index contributed by atoms with van der Waals surface area (Å²) in [4.78, 5) is 23.0. The molecule has 0 saturated heterocycles. The largest absolute Gasteiger partial charge is 0.480 e. The van der Waals surface area contributed by atoms with Gasteiger partial charge in [0.2, 0.25) is 0 Å². The molecule has 2 rings (SSSR count). The van der Waals surface area contributed by atoms with Crippen molar-refractivity contribution in [2.75, 3.05) is 0 Å². The molecule has 0 bridgehead atoms. The maximum absolute atomic E-state index is 12.5. The normalized spacial score (nSPS) is 14.1. The Balaban J connectivity index is 1.96. The molecule has 2 aromatic heterocycles. The van der Waals surface area contributed by atoms with Crippen molar-refractivity contribution in [3.63, 3.8) is 0 Å². The predicted molar refractivity (Wildman–Crippen MR) is 78.7 cm³/mol. The number of nitrogens with zero attached hydrogens (tertiary/aromatic N) is 4. The maximum Gasteiger partial charge on any atom is 0.435 e. The highest BCUT2D eigenvalue weighted by Gasteiger charge is 2.33. The van der Waals surface area contributed by atoms with E-state index in [1.807, 2.05) is 0 Å². The van der Waals surface area contributed by atoms with E-state index in [1.165, 1.54) is 25.4 Å². The summed E-state index contributed by atoms with van der Waals surface area (Å²) in [7, 11) is 0. The third-order valence-electron chi connectivity index (χ3n) is 3.36. The van der Waals surface area contributed by atoms with Gasteiger partial charge in [0.15, 0.2) is 5.69 Å². The van der Waals surface area contributed by atoms with Crippen molar-refractivity contribution in [1.82, 2.24) is 24.9 Å². The molecule has 2 aromatic rings. The molecule has 8 nitrogen and oxygen atoms in total. The number of nitrogens with one attached hydrogen (secondary N) is 1. The van der Waals surface area contributed by atoms with Gasteiger partial charge < -0.3 is 10.4 Å². The van der Waals surface area contributed by atoms with Crippen LogP contribution in [0.1, 0.15) is 36.1 Å². The number of carbonyl (C=O) groups excluding carboxylic acids is 1. The number of carboxylic acids is 1. The Labute approximate surface area is 140 Å². The summed E-state index contributed by atoms with van der Waals surface area (Å²) < 4.78 is 39.7. The van der Waals surface area contributed by atoms with Crippen LogP contribution in [0.3, 0.4) is 0 Å². The minimum absolute atomic E-state index is 0.0106. The van der Waals surface area contributed by atoms with Crippen molar-refractivity contribution in [2.24, 2.45) is 0 Å². The molecule has 1 amide bonds. The van der Waals surface area contributed by atoms with Gasteiger partial charge in [-0.25, -0.2) is 4.79 Å². The summed E-state index contributed by atoms with van der Waals surface area (Å²) in [6.07, 6.45) is -1.98. The second kappa shape index (κ2) is 6.95. The number of alkyl halides is 3. The molecule has 0 radical (unpaired) electrons. The molecular formula is C14H16F3N5O3. The van der Waals surface area contributed by atoms with Crippen LogP contribution < -0.4 is 5.32 Å². The van der Waals surface area contributed by atoms with E-state index >= 15 is 0 Å². The molecule has 2 N–H and O–H groups in total. The lowest BCUT2D eigenvalue weighted by atomic mass is 10.3. The van der Waals surface area contributed by atoms with E-state index in [0.717, 1.165) is 15.4 Å². The first-order valence-corrected chi connectivity index (χ1v) is 7.27. The van der Waals surface area contributed by atoms with Crippen LogP contribution in [-0.2, 0) is 17.5 Å². The lowest BCUT2D eigenvalue weighted by Crippen LogP contribution is -2.36. The highest BCUT2D eigenvalue weighted by atomic mass is 19.4. The quantitative estimate of drug-likeness (QED) is 0.815. The minimum atomic E-state index is -4.52. The fourth-order valence-corrected chi connectivity index (χ4v) is 2.03. The van der Waals surface area contributed by atoms with E-state index in [0.29, 0.717) is 0 Å². The molecule has 11 heteroatoms. The van der Waals surface area contributed by atoms with Crippen LogP contribution in [0.4, 0.5) is 13.2 Å². The molecule has 25 heavy (non-hydrogen) atoms. The van der Waals surface area contributed by atoms with Crippen LogP contribution in [0, 0.1) is 0 Å². The van der Waals surface area contributed by atoms with Gasteiger partial charge in [0.05, 0.1) is 6.54 Å². The van der Waals surface area contributed by atoms with Gasteiger partial charge in [-0.2, -0.15) is 23.4 Å². The van der Waals surface area contributed by atoms with Crippen molar-refractivity contribution in [2.45, 2.75) is 38.7 Å². The van der Waals surface area contributed by atoms with E-state index in [-0.39, 0.29) is 12.2 Å². The molecule has 0 aliphatic heterocycles. The Hall–Kier alpha value is -2.85. The fraction of sp³-hybridized carbons (Fsp3) is 0.429. The average Bonchev–Trinajstić information content (AvgIpc) is 3.14. The van der Waals surface area contributed by atoms with Gasteiger partial charge in [0.1, 0.15) is 11.7 Å². The van der Waals surface area contributed by atoms with E-state index in [4.69, 9.17) is 5.11 Å². The van der Waals surface area contributed by atoms with Gasteiger partial charge in [-0.1, -0.05) is 0 Å². The Morgan fingerprint density at radius 2 is 1.92 bits per heavy atom. The molecule has 0 aliphatic carbocycles. The Bertz CT molecular complexity index is 768. The number of aliphatic carboxylic acids is 1. The maximum atomic E-state index is 12.5. The molecule has 136 valence electrons. The van der Waals surface area contributed by atoms with Gasteiger partial charge in [-0.3, -0.25) is 14.2 Å². The minimum Gasteiger partial charge on any atom is -0.480 e. The Morgan fingerprint density at radius 1 is 1.24 bits per heavy atom. The van der Waals surface area contributed by atoms with Crippen LogP contribution >= 0.6 is 0 Å². The average molecular weight is 359 g/mol. The second-order valence-corrected chi connectivity index (χ2v) is 5.49. The summed E-state index contributed by atoms with van der Waals surface area (Å²) in [6.45, 7) is 3.05. The molecule has 0 fully saturated rings. The van der Waals surface area contributed by atoms with Crippen molar-refractivity contribution in [3.05, 3.63) is 35.9 Å². The lowest BCUT2D eigenvalue weighted by Gasteiger charge is -2.13. The summed E-state index contributed by atoms with van der Waals surface area (Å²) in [5, 5.41) is 18.8. The molecule has 2 heterocycles. The number of halogens is 3. The van der Waals surface area contributed by atoms with Crippen LogP contribution in [0.25, 0.3) is 0 Å². The van der Waals surface area contributed by atoms with Gasteiger partial charge in [0.25, 0.3) is 5.91 Å². The molecule has 2 unspecified atom stereocenters. The van der Waals surface area contributed by atoms with E-state index in [9.17, 15) is 22.8 Å². The SMILES string of the molecule is CC(Cn1ccc(C(F)(F)F)n1)NC(=O)c1ccn(C(C)C(=O)O)n1. The van der Waals surface area contributed by atoms with Crippen molar-refractivity contribution >= 4 is 11.9 Å². The van der Waals surface area contributed by atoms with Crippen LogP contribution in [0.5, 0.6) is 0 Å². The third-order valence-corrected chi connectivity index (χ3v) is 3.36. The number of amides is 1. The number of aromatic nitrogens is 4. The highest BCUT2D eigenvalue weighted by Crippen LogP contribution is 2.27. The standard InChI is InChI=1S/C14H16F3N5O3/c1-8(7-21-5-4-11(20-21)14(15,16)17)18-12(23)10-3-6-22(19-10)9(2)13(24)25/h3-6,8-9H,7H2,1-2H3,(H,18,23)(H,24,25). The second-order valence-electron chi connectivity index (χ2n) is 5.49. The van der Waals surface area contributed by atoms with E-state index < -0.39 is 35.8 Å². The third kappa shape index (κ3) is 4.58. The first-order valence-electron chi connectivity index (χ1n) is 7.27. The van der Waals surface area contributed by atoms with Crippen molar-refractivity contribution in [3.8, 4) is 0 Å². The first kappa shape index (κ1) is 18.5. The Morgan fingerprint density at radius 3 is 2.48 bits per heavy atom. The first-order chi connectivity index (χ1) is 11.6. The van der Waals surface area contributed by atoms with Gasteiger partial charge >= 0.3 is 12.1 Å². The highest BCUT2D eigenvalue weighted by molar-refractivity contribution is 5.92. The van der Waals surface area contributed by atoms with Crippen LogP contribution in [0.2, 0.25) is 0 Å². The topological polar surface area (TPSA) is 102 Å². The van der Waals surface area contributed by atoms with Crippen molar-refractivity contribution in [1.29, 1.82) is 0 Å². The zero-order chi connectivity index (χ0) is 18.8. The Kier molecular flexibility index (Phi) is 5.14. The number of carboxylic acid groups (broad SMARTS) is 1. The van der Waals surface area contributed by atoms with Gasteiger partial charge in [0, 0.05) is 18.4 Å². The van der Waals surface area contributed by atoms with Gasteiger partial charge in [-0.15, -0.1) is 0 Å². The summed E-state index contributed by atoms with van der Waals surface area (Å²) in [5.41, 5.74) is -0.996. The monoisotopic (exact) mass is 359 g/mol. The van der Waals surface area contributed by atoms with E-state index in [1.54, 1.807) is 6.92 Å². The number of hydrogen-bond donors (Lipinski definition) is 2. The molecule has 0 saturated carbocycles.